The Kier molecular flexibility index (Phi) is 4.35. The van der Waals surface area contributed by atoms with E-state index in [1.54, 1.807) is 14.2 Å². The maximum Gasteiger partial charge on any atom is 0.217 e. The highest BCUT2D eigenvalue weighted by atomic mass is 16.5. The molecule has 0 saturated carbocycles. The molecule has 0 spiro atoms. The third kappa shape index (κ3) is 2.99. The van der Waals surface area contributed by atoms with E-state index in [9.17, 15) is 0 Å². The molecule has 3 aromatic carbocycles. The third-order valence-corrected chi connectivity index (χ3v) is 5.53. The molecule has 5 rings (SSSR count). The molecule has 2 aliphatic heterocycles. The van der Waals surface area contributed by atoms with Crippen molar-refractivity contribution in [1.82, 2.24) is 5.01 Å². The molecule has 2 aliphatic rings. The highest BCUT2D eigenvalue weighted by Crippen LogP contribution is 2.48. The molecule has 2 heterocycles. The number of fused-ring (bicyclic) bond motifs is 3. The van der Waals surface area contributed by atoms with Crippen LogP contribution in [0.15, 0.2) is 77.9 Å². The molecule has 5 heteroatoms. The highest BCUT2D eigenvalue weighted by Gasteiger charge is 2.41. The zero-order valence-corrected chi connectivity index (χ0v) is 16.4. The number of rotatable bonds is 4. The summed E-state index contributed by atoms with van der Waals surface area (Å²) in [6, 6.07) is 24.3. The van der Waals surface area contributed by atoms with Crippen molar-refractivity contribution in [1.29, 1.82) is 0 Å². The Hall–Kier alpha value is -3.47. The Morgan fingerprint density at radius 2 is 1.59 bits per heavy atom. The van der Waals surface area contributed by atoms with Gasteiger partial charge in [0.2, 0.25) is 6.23 Å². The van der Waals surface area contributed by atoms with Crippen molar-refractivity contribution in [3.63, 3.8) is 0 Å². The second-order valence-corrected chi connectivity index (χ2v) is 7.13. The van der Waals surface area contributed by atoms with Crippen LogP contribution in [0.5, 0.6) is 17.2 Å². The van der Waals surface area contributed by atoms with Crippen LogP contribution in [0, 0.1) is 0 Å². The van der Waals surface area contributed by atoms with Crippen molar-refractivity contribution in [3.8, 4) is 17.2 Å². The van der Waals surface area contributed by atoms with Crippen LogP contribution < -0.4 is 14.2 Å². The van der Waals surface area contributed by atoms with Gasteiger partial charge in [-0.2, -0.15) is 5.10 Å². The lowest BCUT2D eigenvalue weighted by atomic mass is 9.96. The topological polar surface area (TPSA) is 43.3 Å². The summed E-state index contributed by atoms with van der Waals surface area (Å²) in [4.78, 5) is 0. The van der Waals surface area contributed by atoms with Gasteiger partial charge in [-0.3, -0.25) is 0 Å². The molecule has 0 saturated heterocycles. The van der Waals surface area contributed by atoms with Gasteiger partial charge < -0.3 is 14.2 Å². The van der Waals surface area contributed by atoms with Crippen LogP contribution in [-0.2, 0) is 0 Å². The lowest BCUT2D eigenvalue weighted by molar-refractivity contribution is -0.0203. The molecule has 0 aliphatic carbocycles. The van der Waals surface area contributed by atoms with Crippen LogP contribution in [0.2, 0.25) is 0 Å². The number of hydrogen-bond acceptors (Lipinski definition) is 5. The van der Waals surface area contributed by atoms with E-state index in [-0.39, 0.29) is 12.3 Å². The average Bonchev–Trinajstić information content (AvgIpc) is 3.24. The fraction of sp³-hybridized carbons (Fsp3) is 0.208. The first-order valence-corrected chi connectivity index (χ1v) is 9.67. The molecule has 0 radical (unpaired) electrons. The normalized spacial score (nSPS) is 19.7. The van der Waals surface area contributed by atoms with Crippen molar-refractivity contribution >= 4 is 5.71 Å². The lowest BCUT2D eigenvalue weighted by Gasteiger charge is -2.38. The maximum atomic E-state index is 6.41. The van der Waals surface area contributed by atoms with E-state index in [1.807, 2.05) is 48.5 Å². The van der Waals surface area contributed by atoms with Crippen molar-refractivity contribution < 1.29 is 14.2 Å². The third-order valence-electron chi connectivity index (χ3n) is 5.53. The number of hydrogen-bond donors (Lipinski definition) is 0. The Morgan fingerprint density at radius 1 is 0.862 bits per heavy atom. The van der Waals surface area contributed by atoms with E-state index in [4.69, 9.17) is 19.3 Å². The number of methoxy groups -OCH3 is 2. The molecule has 29 heavy (non-hydrogen) atoms. The van der Waals surface area contributed by atoms with Crippen LogP contribution in [0.25, 0.3) is 0 Å². The second kappa shape index (κ2) is 7.17. The van der Waals surface area contributed by atoms with Crippen LogP contribution in [0.3, 0.4) is 0 Å². The minimum absolute atomic E-state index is 0.118. The van der Waals surface area contributed by atoms with Crippen molar-refractivity contribution in [2.75, 3.05) is 14.2 Å². The predicted octanol–water partition coefficient (Wildman–Crippen LogP) is 4.95. The van der Waals surface area contributed by atoms with Crippen LogP contribution >= 0.6 is 0 Å². The predicted molar refractivity (Wildman–Crippen MR) is 112 cm³/mol. The highest BCUT2D eigenvalue weighted by molar-refractivity contribution is 6.02. The van der Waals surface area contributed by atoms with Crippen LogP contribution in [0.1, 0.15) is 35.4 Å². The summed E-state index contributed by atoms with van der Waals surface area (Å²) in [7, 11) is 3.36. The van der Waals surface area contributed by atoms with Crippen molar-refractivity contribution in [2.24, 2.45) is 5.10 Å². The lowest BCUT2D eigenvalue weighted by Crippen LogP contribution is -2.33. The van der Waals surface area contributed by atoms with E-state index < -0.39 is 0 Å². The van der Waals surface area contributed by atoms with Gasteiger partial charge in [0.1, 0.15) is 17.2 Å². The number of hydrazone groups is 1. The molecule has 2 atom stereocenters. The number of para-hydroxylation sites is 2. The van der Waals surface area contributed by atoms with Gasteiger partial charge in [0.15, 0.2) is 0 Å². The van der Waals surface area contributed by atoms with E-state index in [1.165, 1.54) is 0 Å². The minimum atomic E-state index is -0.346. The van der Waals surface area contributed by atoms with Gasteiger partial charge in [-0.15, -0.1) is 0 Å². The molecule has 0 N–H and O–H groups in total. The van der Waals surface area contributed by atoms with E-state index in [0.29, 0.717) is 0 Å². The van der Waals surface area contributed by atoms with Gasteiger partial charge in [0.25, 0.3) is 0 Å². The van der Waals surface area contributed by atoms with Crippen molar-refractivity contribution in [3.05, 3.63) is 89.5 Å². The molecule has 2 unspecified atom stereocenters. The Morgan fingerprint density at radius 3 is 2.34 bits per heavy atom. The monoisotopic (exact) mass is 386 g/mol. The quantitative estimate of drug-likeness (QED) is 0.637. The first-order valence-electron chi connectivity index (χ1n) is 9.67. The number of nitrogens with zero attached hydrogens (tertiary/aromatic N) is 2. The Balaban J connectivity index is 1.58. The zero-order valence-electron chi connectivity index (χ0n) is 16.4. The summed E-state index contributed by atoms with van der Waals surface area (Å²) in [5.74, 6) is 2.53. The van der Waals surface area contributed by atoms with Crippen molar-refractivity contribution in [2.45, 2.75) is 18.7 Å². The first-order chi connectivity index (χ1) is 14.3. The van der Waals surface area contributed by atoms with Gasteiger partial charge in [-0.05, 0) is 48.0 Å². The van der Waals surface area contributed by atoms with E-state index in [0.717, 1.165) is 46.1 Å². The van der Waals surface area contributed by atoms with Gasteiger partial charge in [-0.25, -0.2) is 5.01 Å². The van der Waals surface area contributed by atoms with Gasteiger partial charge in [-0.1, -0.05) is 30.3 Å². The SMILES string of the molecule is COc1ccc(C2=NN3C(C2)c2ccccc2OC3c2ccccc2OC)cc1. The van der Waals surface area contributed by atoms with Gasteiger partial charge in [0.05, 0.1) is 31.5 Å². The zero-order chi connectivity index (χ0) is 19.8. The summed E-state index contributed by atoms with van der Waals surface area (Å²) in [5.41, 5.74) is 4.26. The fourth-order valence-corrected chi connectivity index (χ4v) is 4.07. The molecular weight excluding hydrogens is 364 g/mol. The summed E-state index contributed by atoms with van der Waals surface area (Å²) in [6.07, 6.45) is 0.472. The molecule has 5 nitrogen and oxygen atoms in total. The summed E-state index contributed by atoms with van der Waals surface area (Å²) in [5, 5.41) is 7.07. The summed E-state index contributed by atoms with van der Waals surface area (Å²) >= 11 is 0. The standard InChI is InChI=1S/C24H22N2O3/c1-27-17-13-11-16(12-14-17)20-15-21-18-7-3-6-10-23(18)29-24(26(21)25-20)19-8-4-5-9-22(19)28-2/h3-14,21,24H,15H2,1-2H3. The number of benzene rings is 3. The average molecular weight is 386 g/mol. The second-order valence-electron chi connectivity index (χ2n) is 7.13. The van der Waals surface area contributed by atoms with Gasteiger partial charge in [0, 0.05) is 12.0 Å². The van der Waals surface area contributed by atoms with E-state index in [2.05, 4.69) is 29.3 Å². The Labute approximate surface area is 170 Å². The molecular formula is C24H22N2O3. The minimum Gasteiger partial charge on any atom is -0.497 e. The summed E-state index contributed by atoms with van der Waals surface area (Å²) < 4.78 is 17.3. The molecule has 0 fully saturated rings. The molecule has 3 aromatic rings. The first kappa shape index (κ1) is 17.6. The molecule has 0 bridgehead atoms. The van der Waals surface area contributed by atoms with E-state index >= 15 is 0 Å². The van der Waals surface area contributed by atoms with Gasteiger partial charge >= 0.3 is 0 Å². The Bertz CT molecular complexity index is 1060. The maximum absolute atomic E-state index is 6.41. The summed E-state index contributed by atoms with van der Waals surface area (Å²) in [6.45, 7) is 0. The van der Waals surface area contributed by atoms with Crippen LogP contribution in [-0.4, -0.2) is 24.9 Å². The van der Waals surface area contributed by atoms with Crippen LogP contribution in [0.4, 0.5) is 0 Å². The number of ether oxygens (including phenoxy) is 3. The molecule has 0 aromatic heterocycles. The largest absolute Gasteiger partial charge is 0.497 e. The molecule has 0 amide bonds. The molecule has 146 valence electrons. The fourth-order valence-electron chi connectivity index (χ4n) is 4.07. The smallest absolute Gasteiger partial charge is 0.217 e.